The molecule has 17 heavy (non-hydrogen) atoms. The van der Waals surface area contributed by atoms with Crippen molar-refractivity contribution in [1.29, 1.82) is 0 Å². The molecule has 1 amide bonds. The molecule has 3 heteroatoms. The molecule has 1 saturated carbocycles. The van der Waals surface area contributed by atoms with Crippen LogP contribution in [0.1, 0.15) is 36.2 Å². The van der Waals surface area contributed by atoms with Crippen molar-refractivity contribution in [1.82, 2.24) is 5.32 Å². The van der Waals surface area contributed by atoms with Crippen LogP contribution in [0.4, 0.5) is 5.69 Å². The summed E-state index contributed by atoms with van der Waals surface area (Å²) in [5, 5.41) is 2.97. The number of benzene rings is 1. The van der Waals surface area contributed by atoms with Crippen molar-refractivity contribution in [3.8, 4) is 0 Å². The number of rotatable bonds is 3. The van der Waals surface area contributed by atoms with Gasteiger partial charge in [-0.2, -0.15) is 0 Å². The number of aryl methyl sites for hydroxylation is 1. The molecule has 1 unspecified atom stereocenters. The maximum atomic E-state index is 12.0. The summed E-state index contributed by atoms with van der Waals surface area (Å²) in [6.45, 7) is 7.16. The first-order chi connectivity index (χ1) is 7.90. The van der Waals surface area contributed by atoms with Gasteiger partial charge in [-0.1, -0.05) is 25.5 Å². The van der Waals surface area contributed by atoms with Crippen molar-refractivity contribution in [3.05, 3.63) is 29.3 Å². The van der Waals surface area contributed by atoms with Gasteiger partial charge in [0, 0.05) is 12.2 Å². The highest BCUT2D eigenvalue weighted by Crippen LogP contribution is 2.50. The van der Waals surface area contributed by atoms with Crippen LogP contribution in [0, 0.1) is 18.3 Å². The predicted octanol–water partition coefficient (Wildman–Crippen LogP) is 2.35. The van der Waals surface area contributed by atoms with E-state index in [1.165, 1.54) is 6.42 Å². The molecule has 1 aromatic rings. The lowest BCUT2D eigenvalue weighted by Gasteiger charge is -2.09. The van der Waals surface area contributed by atoms with Crippen LogP contribution in [-0.4, -0.2) is 12.5 Å². The van der Waals surface area contributed by atoms with Gasteiger partial charge in [0.25, 0.3) is 5.91 Å². The lowest BCUT2D eigenvalue weighted by molar-refractivity contribution is 0.0951. The highest BCUT2D eigenvalue weighted by Gasteiger charge is 2.45. The summed E-state index contributed by atoms with van der Waals surface area (Å²) in [6, 6.07) is 5.53. The number of nitrogen functional groups attached to an aromatic ring is 1. The second-order valence-corrected chi connectivity index (χ2v) is 5.69. The Balaban J connectivity index is 1.98. The molecule has 1 fully saturated rings. The van der Waals surface area contributed by atoms with Gasteiger partial charge in [-0.05, 0) is 36.8 Å². The molecule has 3 N–H and O–H groups in total. The third kappa shape index (κ3) is 2.60. The maximum absolute atomic E-state index is 12.0. The quantitative estimate of drug-likeness (QED) is 0.786. The Bertz CT molecular complexity index is 452. The largest absolute Gasteiger partial charge is 0.398 e. The Morgan fingerprint density at radius 3 is 2.76 bits per heavy atom. The molecule has 1 aromatic carbocycles. The van der Waals surface area contributed by atoms with Crippen LogP contribution in [0.5, 0.6) is 0 Å². The van der Waals surface area contributed by atoms with E-state index >= 15 is 0 Å². The molecule has 0 aromatic heterocycles. The van der Waals surface area contributed by atoms with E-state index in [-0.39, 0.29) is 5.91 Å². The minimum atomic E-state index is -0.0612. The molecular formula is C14H20N2O. The van der Waals surface area contributed by atoms with Gasteiger partial charge in [0.1, 0.15) is 0 Å². The molecule has 0 bridgehead atoms. The Hall–Kier alpha value is -1.51. The minimum absolute atomic E-state index is 0.0612. The zero-order valence-corrected chi connectivity index (χ0v) is 10.7. The molecule has 1 atom stereocenters. The van der Waals surface area contributed by atoms with Gasteiger partial charge in [-0.25, -0.2) is 0 Å². The third-order valence-corrected chi connectivity index (χ3v) is 3.68. The molecule has 3 nitrogen and oxygen atoms in total. The molecule has 1 aliphatic carbocycles. The number of hydrogen-bond donors (Lipinski definition) is 2. The number of amides is 1. The average Bonchev–Trinajstić information content (AvgIpc) is 2.87. The van der Waals surface area contributed by atoms with E-state index in [1.807, 2.05) is 19.1 Å². The average molecular weight is 232 g/mol. The lowest BCUT2D eigenvalue weighted by atomic mass is 10.1. The van der Waals surface area contributed by atoms with Gasteiger partial charge in [0.2, 0.25) is 0 Å². The highest BCUT2D eigenvalue weighted by molar-refractivity contribution is 5.99. The zero-order valence-electron chi connectivity index (χ0n) is 10.7. The van der Waals surface area contributed by atoms with E-state index in [9.17, 15) is 4.79 Å². The van der Waals surface area contributed by atoms with Crippen LogP contribution in [0.25, 0.3) is 0 Å². The first-order valence-corrected chi connectivity index (χ1v) is 6.04. The summed E-state index contributed by atoms with van der Waals surface area (Å²) < 4.78 is 0. The maximum Gasteiger partial charge on any atom is 0.253 e. The van der Waals surface area contributed by atoms with Gasteiger partial charge in [0.15, 0.2) is 0 Å². The summed E-state index contributed by atoms with van der Waals surface area (Å²) in [5.41, 5.74) is 8.38. The summed E-state index contributed by atoms with van der Waals surface area (Å²) >= 11 is 0. The Morgan fingerprint density at radius 1 is 1.53 bits per heavy atom. The standard InChI is InChI=1S/C14H20N2O/c1-9-4-5-12(15)11(6-9)13(17)16-8-10-7-14(10,2)3/h4-6,10H,7-8,15H2,1-3H3,(H,16,17). The van der Waals surface area contributed by atoms with Gasteiger partial charge < -0.3 is 11.1 Å². The lowest BCUT2D eigenvalue weighted by Crippen LogP contribution is -2.27. The number of anilines is 1. The zero-order chi connectivity index (χ0) is 12.6. The van der Waals surface area contributed by atoms with Crippen molar-refractivity contribution >= 4 is 11.6 Å². The van der Waals surface area contributed by atoms with Gasteiger partial charge in [-0.3, -0.25) is 4.79 Å². The topological polar surface area (TPSA) is 55.1 Å². The molecular weight excluding hydrogens is 212 g/mol. The molecule has 92 valence electrons. The van der Waals surface area contributed by atoms with Crippen molar-refractivity contribution in [3.63, 3.8) is 0 Å². The monoisotopic (exact) mass is 232 g/mol. The SMILES string of the molecule is Cc1ccc(N)c(C(=O)NCC2CC2(C)C)c1. The molecule has 1 aliphatic rings. The molecule has 2 rings (SSSR count). The molecule has 0 heterocycles. The summed E-state index contributed by atoms with van der Waals surface area (Å²) in [6.07, 6.45) is 1.19. The van der Waals surface area contributed by atoms with E-state index in [1.54, 1.807) is 6.07 Å². The number of nitrogens with two attached hydrogens (primary N) is 1. The fraction of sp³-hybridized carbons (Fsp3) is 0.500. The minimum Gasteiger partial charge on any atom is -0.398 e. The number of carbonyl (C=O) groups is 1. The van der Waals surface area contributed by atoms with Crippen LogP contribution >= 0.6 is 0 Å². The summed E-state index contributed by atoms with van der Waals surface area (Å²) in [4.78, 5) is 12.0. The summed E-state index contributed by atoms with van der Waals surface area (Å²) in [5.74, 6) is 0.548. The molecule has 0 aliphatic heterocycles. The normalized spacial score (nSPS) is 21.0. The number of nitrogens with one attached hydrogen (secondary N) is 1. The first-order valence-electron chi connectivity index (χ1n) is 6.04. The van der Waals surface area contributed by atoms with Crippen molar-refractivity contribution in [2.24, 2.45) is 11.3 Å². The molecule has 0 spiro atoms. The second-order valence-electron chi connectivity index (χ2n) is 5.69. The van der Waals surface area contributed by atoms with Gasteiger partial charge in [0.05, 0.1) is 5.56 Å². The Kier molecular flexibility index (Phi) is 2.86. The smallest absolute Gasteiger partial charge is 0.253 e. The van der Waals surface area contributed by atoms with E-state index in [0.29, 0.717) is 22.6 Å². The van der Waals surface area contributed by atoms with Crippen molar-refractivity contribution < 1.29 is 4.79 Å². The van der Waals surface area contributed by atoms with Gasteiger partial charge in [-0.15, -0.1) is 0 Å². The van der Waals surface area contributed by atoms with Crippen molar-refractivity contribution in [2.75, 3.05) is 12.3 Å². The number of carbonyl (C=O) groups excluding carboxylic acids is 1. The van der Waals surface area contributed by atoms with Crippen LogP contribution in [0.2, 0.25) is 0 Å². The Morgan fingerprint density at radius 2 is 2.18 bits per heavy atom. The third-order valence-electron chi connectivity index (χ3n) is 3.68. The van der Waals surface area contributed by atoms with E-state index in [0.717, 1.165) is 12.1 Å². The molecule has 0 radical (unpaired) electrons. The van der Waals surface area contributed by atoms with E-state index in [2.05, 4.69) is 19.2 Å². The fourth-order valence-electron chi connectivity index (χ4n) is 2.10. The first kappa shape index (κ1) is 12.0. The Labute approximate surface area is 102 Å². The fourth-order valence-corrected chi connectivity index (χ4v) is 2.10. The van der Waals surface area contributed by atoms with E-state index < -0.39 is 0 Å². The molecule has 0 saturated heterocycles. The van der Waals surface area contributed by atoms with Gasteiger partial charge >= 0.3 is 0 Å². The predicted molar refractivity (Wildman–Crippen MR) is 69.8 cm³/mol. The number of hydrogen-bond acceptors (Lipinski definition) is 2. The second kappa shape index (κ2) is 4.06. The van der Waals surface area contributed by atoms with Crippen LogP contribution in [0.3, 0.4) is 0 Å². The van der Waals surface area contributed by atoms with Crippen LogP contribution in [-0.2, 0) is 0 Å². The van der Waals surface area contributed by atoms with E-state index in [4.69, 9.17) is 5.73 Å². The summed E-state index contributed by atoms with van der Waals surface area (Å²) in [7, 11) is 0. The van der Waals surface area contributed by atoms with Crippen LogP contribution < -0.4 is 11.1 Å². The van der Waals surface area contributed by atoms with Crippen molar-refractivity contribution in [2.45, 2.75) is 27.2 Å². The highest BCUT2D eigenvalue weighted by atomic mass is 16.1. The van der Waals surface area contributed by atoms with Crippen LogP contribution in [0.15, 0.2) is 18.2 Å².